The summed E-state index contributed by atoms with van der Waals surface area (Å²) in [6.45, 7) is 5.20. The first-order chi connectivity index (χ1) is 16.4. The predicted molar refractivity (Wildman–Crippen MR) is 131 cm³/mol. The molecule has 186 valence electrons. The first-order valence-corrected chi connectivity index (χ1v) is 11.9. The molecular formula is C25H33ClN2O6. The van der Waals surface area contributed by atoms with Gasteiger partial charge in [-0.1, -0.05) is 48.8 Å². The molecule has 0 bridgehead atoms. The van der Waals surface area contributed by atoms with Crippen LogP contribution in [-0.2, 0) is 20.8 Å². The first-order valence-electron chi connectivity index (χ1n) is 11.6. The van der Waals surface area contributed by atoms with Gasteiger partial charge in [-0.05, 0) is 43.7 Å². The van der Waals surface area contributed by atoms with Crippen LogP contribution in [0.25, 0.3) is 0 Å². The van der Waals surface area contributed by atoms with E-state index in [9.17, 15) is 19.8 Å². The van der Waals surface area contributed by atoms with Gasteiger partial charge in [-0.3, -0.25) is 4.79 Å². The maximum Gasteiger partial charge on any atom is 0.342 e. The number of oxime groups is 1. The molecule has 1 amide bonds. The summed E-state index contributed by atoms with van der Waals surface area (Å²) in [5, 5.41) is 24.5. The first kappa shape index (κ1) is 27.2. The molecule has 0 radical (unpaired) electrons. The highest BCUT2D eigenvalue weighted by Crippen LogP contribution is 2.37. The zero-order valence-corrected chi connectivity index (χ0v) is 20.5. The minimum Gasteiger partial charge on any atom is -0.507 e. The van der Waals surface area contributed by atoms with Crippen LogP contribution in [0.3, 0.4) is 0 Å². The summed E-state index contributed by atoms with van der Waals surface area (Å²) >= 11 is 6.30. The molecule has 0 atom stereocenters. The van der Waals surface area contributed by atoms with Gasteiger partial charge in [0.2, 0.25) is 0 Å². The lowest BCUT2D eigenvalue weighted by atomic mass is 9.99. The van der Waals surface area contributed by atoms with Crippen LogP contribution in [0.15, 0.2) is 35.5 Å². The van der Waals surface area contributed by atoms with Gasteiger partial charge in [0, 0.05) is 25.6 Å². The molecule has 0 aromatic heterocycles. The number of benzene rings is 1. The Kier molecular flexibility index (Phi) is 11.5. The number of rotatable bonds is 7. The average Bonchev–Trinajstić information content (AvgIpc) is 2.80. The second-order valence-electron chi connectivity index (χ2n) is 7.87. The molecule has 0 fully saturated rings. The maximum atomic E-state index is 12.7. The number of amides is 1. The normalized spacial score (nSPS) is 17.9. The van der Waals surface area contributed by atoms with Crippen molar-refractivity contribution in [3.63, 3.8) is 0 Å². The Morgan fingerprint density at radius 2 is 1.79 bits per heavy atom. The third-order valence-corrected chi connectivity index (χ3v) is 5.51. The molecule has 0 saturated heterocycles. The van der Waals surface area contributed by atoms with Crippen molar-refractivity contribution >= 4 is 29.2 Å². The van der Waals surface area contributed by atoms with E-state index in [0.29, 0.717) is 25.2 Å². The van der Waals surface area contributed by atoms with Gasteiger partial charge in [0.25, 0.3) is 5.91 Å². The molecule has 0 aliphatic carbocycles. The summed E-state index contributed by atoms with van der Waals surface area (Å²) in [6, 6.07) is 1.00. The molecule has 2 rings (SSSR count). The van der Waals surface area contributed by atoms with Crippen molar-refractivity contribution in [1.82, 2.24) is 4.90 Å². The minimum atomic E-state index is -0.756. The summed E-state index contributed by atoms with van der Waals surface area (Å²) in [5.41, 5.74) is 0.388. The summed E-state index contributed by atoms with van der Waals surface area (Å²) in [5.74, 6) is -1.74. The van der Waals surface area contributed by atoms with Crippen molar-refractivity contribution in [2.24, 2.45) is 5.16 Å². The number of carbonyl (C=O) groups excluding carboxylic acids is 2. The monoisotopic (exact) mass is 492 g/mol. The summed E-state index contributed by atoms with van der Waals surface area (Å²) in [4.78, 5) is 32.3. The maximum absolute atomic E-state index is 12.7. The van der Waals surface area contributed by atoms with Gasteiger partial charge < -0.3 is 24.7 Å². The van der Waals surface area contributed by atoms with Crippen LogP contribution in [0.1, 0.15) is 61.9 Å². The number of phenols is 2. The topological polar surface area (TPSA) is 109 Å². The van der Waals surface area contributed by atoms with Crippen LogP contribution >= 0.6 is 11.6 Å². The molecule has 8 nitrogen and oxygen atoms in total. The van der Waals surface area contributed by atoms with Crippen LogP contribution < -0.4 is 0 Å². The highest BCUT2D eigenvalue weighted by Gasteiger charge is 2.24. The second kappa shape index (κ2) is 14.3. The molecule has 2 N–H and O–H groups in total. The molecule has 9 heteroatoms. The number of allylic oxidation sites excluding steroid dienone is 3. The van der Waals surface area contributed by atoms with E-state index in [1.165, 1.54) is 0 Å². The lowest BCUT2D eigenvalue weighted by Crippen LogP contribution is -2.35. The van der Waals surface area contributed by atoms with Crippen molar-refractivity contribution in [3.8, 4) is 11.5 Å². The summed E-state index contributed by atoms with van der Waals surface area (Å²) in [6.07, 6.45) is 11.2. The van der Waals surface area contributed by atoms with Crippen LogP contribution in [-0.4, -0.2) is 59.0 Å². The highest BCUT2D eigenvalue weighted by molar-refractivity contribution is 6.33. The van der Waals surface area contributed by atoms with E-state index in [-0.39, 0.29) is 47.4 Å². The largest absolute Gasteiger partial charge is 0.507 e. The fourth-order valence-electron chi connectivity index (χ4n) is 3.48. The number of hydrogen-bond acceptors (Lipinski definition) is 7. The third-order valence-electron chi connectivity index (χ3n) is 5.09. The molecule has 1 aromatic rings. The van der Waals surface area contributed by atoms with Crippen molar-refractivity contribution in [3.05, 3.63) is 46.5 Å². The van der Waals surface area contributed by atoms with Crippen molar-refractivity contribution in [2.45, 2.75) is 52.4 Å². The van der Waals surface area contributed by atoms with Crippen LogP contribution in [0.4, 0.5) is 0 Å². The molecule has 0 unspecified atom stereocenters. The van der Waals surface area contributed by atoms with Crippen LogP contribution in [0.2, 0.25) is 5.02 Å². The van der Waals surface area contributed by atoms with E-state index in [1.54, 1.807) is 11.0 Å². The van der Waals surface area contributed by atoms with Crippen LogP contribution in [0, 0.1) is 0 Å². The summed E-state index contributed by atoms with van der Waals surface area (Å²) in [7, 11) is 0. The Morgan fingerprint density at radius 1 is 1.12 bits per heavy atom. The van der Waals surface area contributed by atoms with Gasteiger partial charge >= 0.3 is 5.97 Å². The number of nitrogens with zero attached hydrogens (tertiary/aromatic N) is 2. The Bertz CT molecular complexity index is 936. The molecule has 1 aromatic carbocycles. The second-order valence-corrected chi connectivity index (χ2v) is 8.25. The Labute approximate surface area is 205 Å². The van der Waals surface area contributed by atoms with E-state index in [0.717, 1.165) is 31.7 Å². The number of cyclic esters (lactones) is 1. The minimum absolute atomic E-state index is 0.0284. The number of halogens is 1. The average molecular weight is 493 g/mol. The predicted octanol–water partition coefficient (Wildman–Crippen LogP) is 4.77. The van der Waals surface area contributed by atoms with E-state index in [1.807, 2.05) is 32.1 Å². The van der Waals surface area contributed by atoms with E-state index in [2.05, 4.69) is 5.16 Å². The van der Waals surface area contributed by atoms with Crippen molar-refractivity contribution in [1.29, 1.82) is 0 Å². The number of aromatic hydroxyl groups is 2. The lowest BCUT2D eigenvalue weighted by Gasteiger charge is -2.20. The molecule has 1 aliphatic heterocycles. The van der Waals surface area contributed by atoms with Gasteiger partial charge in [-0.25, -0.2) is 4.79 Å². The van der Waals surface area contributed by atoms with Gasteiger partial charge in [0.15, 0.2) is 6.61 Å². The molecule has 0 spiro atoms. The Balaban J connectivity index is 2.34. The van der Waals surface area contributed by atoms with E-state index >= 15 is 0 Å². The SMILES string of the molecule is CCCN(CCC)C(=O)CO/N=C1/C=C/CC/C=C/CCOC(=O)c2c(O)cc(O)c(Cl)c2C1. The number of hydrogen-bond donors (Lipinski definition) is 2. The highest BCUT2D eigenvalue weighted by atomic mass is 35.5. The zero-order chi connectivity index (χ0) is 24.9. The quantitative estimate of drug-likeness (QED) is 0.322. The lowest BCUT2D eigenvalue weighted by molar-refractivity contribution is -0.136. The van der Waals surface area contributed by atoms with Gasteiger partial charge in [0.05, 0.1) is 17.3 Å². The number of ether oxygens (including phenoxy) is 1. The number of carbonyl (C=O) groups is 2. The van der Waals surface area contributed by atoms with Crippen molar-refractivity contribution in [2.75, 3.05) is 26.3 Å². The molecule has 34 heavy (non-hydrogen) atoms. The fraction of sp³-hybridized carbons (Fsp3) is 0.480. The number of esters is 1. The molecule has 1 heterocycles. The zero-order valence-electron chi connectivity index (χ0n) is 19.8. The van der Waals surface area contributed by atoms with E-state index in [4.69, 9.17) is 21.2 Å². The van der Waals surface area contributed by atoms with Crippen molar-refractivity contribution < 1.29 is 29.4 Å². The van der Waals surface area contributed by atoms with Gasteiger partial charge in [-0.2, -0.15) is 0 Å². The summed E-state index contributed by atoms with van der Waals surface area (Å²) < 4.78 is 5.28. The molecule has 0 saturated carbocycles. The molecule has 1 aliphatic rings. The van der Waals surface area contributed by atoms with E-state index < -0.39 is 11.7 Å². The standard InChI is InChI=1S/C25H33ClN2O6/c1-3-12-28(13-4-2)22(31)17-34-27-18-11-9-7-5-6-8-10-14-33-25(32)23-19(15-18)24(26)21(30)16-20(23)29/h6,8-9,11,16,29-30H,3-5,7,10,12-15,17H2,1-2H3/b8-6+,11-9+,27-18-. The Morgan fingerprint density at radius 3 is 2.50 bits per heavy atom. The van der Waals surface area contributed by atoms with Gasteiger partial charge in [0.1, 0.15) is 17.1 Å². The third kappa shape index (κ3) is 8.09. The number of fused-ring (bicyclic) bond motifs is 1. The Hall–Kier alpha value is -3.00. The van der Waals surface area contributed by atoms with Crippen LogP contribution in [0.5, 0.6) is 11.5 Å². The number of phenolic OH excluding ortho intramolecular Hbond substituents is 2. The molecular weight excluding hydrogens is 460 g/mol. The smallest absolute Gasteiger partial charge is 0.342 e. The fourth-order valence-corrected chi connectivity index (χ4v) is 3.70. The van der Waals surface area contributed by atoms with Gasteiger partial charge in [-0.15, -0.1) is 0 Å².